The van der Waals surface area contributed by atoms with Gasteiger partial charge < -0.3 is 26.8 Å². The minimum atomic E-state index is -0.807. The number of anilines is 3. The number of primary amides is 2. The van der Waals surface area contributed by atoms with Crippen LogP contribution in [-0.4, -0.2) is 45.1 Å². The first-order chi connectivity index (χ1) is 12.8. The van der Waals surface area contributed by atoms with Gasteiger partial charge in [0.15, 0.2) is 11.5 Å². The van der Waals surface area contributed by atoms with Gasteiger partial charge in [-0.3, -0.25) is 9.59 Å². The summed E-state index contributed by atoms with van der Waals surface area (Å²) in [5.74, 6) is -0.659. The molecule has 27 heavy (non-hydrogen) atoms. The highest BCUT2D eigenvalue weighted by Crippen LogP contribution is 2.21. The fourth-order valence-electron chi connectivity index (χ4n) is 2.25. The first-order valence-corrected chi connectivity index (χ1v) is 8.17. The number of methoxy groups -OCH3 is 1. The van der Waals surface area contributed by atoms with E-state index in [4.69, 9.17) is 16.2 Å². The lowest BCUT2D eigenvalue weighted by Crippen LogP contribution is -2.37. The lowest BCUT2D eigenvalue weighted by molar-refractivity contribution is -0.119. The number of hydrogen-bond donors (Lipinski definition) is 4. The van der Waals surface area contributed by atoms with E-state index in [0.717, 1.165) is 0 Å². The van der Waals surface area contributed by atoms with Crippen molar-refractivity contribution in [1.82, 2.24) is 20.2 Å². The summed E-state index contributed by atoms with van der Waals surface area (Å²) in [7, 11) is 1.48. The summed E-state index contributed by atoms with van der Waals surface area (Å²) in [5.41, 5.74) is 11.1. The van der Waals surface area contributed by atoms with Gasteiger partial charge >= 0.3 is 0 Å². The monoisotopic (exact) mass is 374 g/mol. The lowest BCUT2D eigenvalue weighted by Gasteiger charge is -2.17. The molecule has 0 aromatic carbocycles. The van der Waals surface area contributed by atoms with Crippen molar-refractivity contribution in [3.05, 3.63) is 24.0 Å². The van der Waals surface area contributed by atoms with Gasteiger partial charge in [0.05, 0.1) is 7.11 Å². The summed E-state index contributed by atoms with van der Waals surface area (Å²) in [6, 6.07) is 2.57. The van der Waals surface area contributed by atoms with Crippen molar-refractivity contribution in [2.75, 3.05) is 17.7 Å². The highest BCUT2D eigenvalue weighted by Gasteiger charge is 2.20. The summed E-state index contributed by atoms with van der Waals surface area (Å²) >= 11 is 0. The Hall–Kier alpha value is -3.50. The van der Waals surface area contributed by atoms with Crippen LogP contribution in [0.2, 0.25) is 0 Å². The number of carbonyl (C=O) groups excluding carboxylic acids is 2. The van der Waals surface area contributed by atoms with Gasteiger partial charge in [-0.05, 0) is 18.4 Å². The maximum absolute atomic E-state index is 11.6. The SMILES string of the molecule is COc1cc(Nc2nc(N[C@H](CC(C)C)C(N)=O)nnc2C(N)=O)ccn1. The molecule has 2 rings (SSSR count). The Kier molecular flexibility index (Phi) is 6.41. The van der Waals surface area contributed by atoms with Crippen molar-refractivity contribution < 1.29 is 14.3 Å². The van der Waals surface area contributed by atoms with Crippen molar-refractivity contribution in [3.8, 4) is 5.88 Å². The molecule has 0 saturated carbocycles. The second-order valence-electron chi connectivity index (χ2n) is 6.14. The van der Waals surface area contributed by atoms with Crippen molar-refractivity contribution in [2.45, 2.75) is 26.3 Å². The van der Waals surface area contributed by atoms with Crippen LogP contribution in [0.15, 0.2) is 18.3 Å². The van der Waals surface area contributed by atoms with Crippen LogP contribution >= 0.6 is 0 Å². The van der Waals surface area contributed by atoms with Crippen molar-refractivity contribution in [3.63, 3.8) is 0 Å². The molecular weight excluding hydrogens is 352 g/mol. The van der Waals surface area contributed by atoms with E-state index in [1.807, 2.05) is 13.8 Å². The van der Waals surface area contributed by atoms with E-state index in [0.29, 0.717) is 18.0 Å². The van der Waals surface area contributed by atoms with E-state index >= 15 is 0 Å². The molecule has 0 fully saturated rings. The zero-order valence-corrected chi connectivity index (χ0v) is 15.3. The van der Waals surface area contributed by atoms with Gasteiger partial charge in [-0.1, -0.05) is 13.8 Å². The smallest absolute Gasteiger partial charge is 0.273 e. The Balaban J connectivity index is 2.32. The van der Waals surface area contributed by atoms with E-state index in [9.17, 15) is 9.59 Å². The van der Waals surface area contributed by atoms with Crippen LogP contribution in [0.25, 0.3) is 0 Å². The van der Waals surface area contributed by atoms with E-state index in [1.165, 1.54) is 13.3 Å². The Morgan fingerprint density at radius 2 is 2.00 bits per heavy atom. The third-order valence-corrected chi connectivity index (χ3v) is 3.48. The molecule has 2 amide bonds. The topological polar surface area (TPSA) is 171 Å². The van der Waals surface area contributed by atoms with Gasteiger partial charge in [0.25, 0.3) is 5.91 Å². The number of aromatic nitrogens is 4. The number of carbonyl (C=O) groups is 2. The first kappa shape index (κ1) is 19.8. The van der Waals surface area contributed by atoms with Crippen LogP contribution < -0.4 is 26.8 Å². The van der Waals surface area contributed by atoms with Gasteiger partial charge in [-0.2, -0.15) is 4.98 Å². The van der Waals surface area contributed by atoms with Crippen molar-refractivity contribution >= 4 is 29.3 Å². The summed E-state index contributed by atoms with van der Waals surface area (Å²) in [5, 5.41) is 13.4. The molecule has 0 aliphatic heterocycles. The minimum absolute atomic E-state index is 0.0352. The fourth-order valence-corrected chi connectivity index (χ4v) is 2.25. The van der Waals surface area contributed by atoms with Crippen molar-refractivity contribution in [1.29, 1.82) is 0 Å². The summed E-state index contributed by atoms with van der Waals surface area (Å²) < 4.78 is 5.06. The van der Waals surface area contributed by atoms with Crippen LogP contribution in [0.5, 0.6) is 5.88 Å². The number of nitrogens with zero attached hydrogens (tertiary/aromatic N) is 4. The first-order valence-electron chi connectivity index (χ1n) is 8.17. The second-order valence-corrected chi connectivity index (χ2v) is 6.14. The predicted octanol–water partition coefficient (Wildman–Crippen LogP) is 0.430. The van der Waals surface area contributed by atoms with E-state index in [-0.39, 0.29) is 23.4 Å². The summed E-state index contributed by atoms with van der Waals surface area (Å²) in [6.45, 7) is 3.91. The number of hydrogen-bond acceptors (Lipinski definition) is 9. The number of amides is 2. The van der Waals surface area contributed by atoms with Crippen LogP contribution in [0.3, 0.4) is 0 Å². The quantitative estimate of drug-likeness (QED) is 0.485. The number of nitrogens with one attached hydrogen (secondary N) is 2. The molecule has 0 aliphatic rings. The molecule has 1 atom stereocenters. The highest BCUT2D eigenvalue weighted by molar-refractivity contribution is 5.96. The maximum Gasteiger partial charge on any atom is 0.273 e. The molecule has 2 aromatic heterocycles. The molecule has 0 saturated heterocycles. The molecule has 11 heteroatoms. The van der Waals surface area contributed by atoms with Gasteiger partial charge in [0.2, 0.25) is 17.7 Å². The van der Waals surface area contributed by atoms with E-state index < -0.39 is 17.9 Å². The molecule has 11 nitrogen and oxygen atoms in total. The second kappa shape index (κ2) is 8.74. The Labute approximate surface area is 155 Å². The Bertz CT molecular complexity index is 827. The molecule has 0 aliphatic carbocycles. The zero-order valence-electron chi connectivity index (χ0n) is 15.3. The molecule has 2 heterocycles. The number of pyridine rings is 1. The number of nitrogens with two attached hydrogens (primary N) is 2. The van der Waals surface area contributed by atoms with Gasteiger partial charge in [0.1, 0.15) is 6.04 Å². The minimum Gasteiger partial charge on any atom is -0.481 e. The number of ether oxygens (including phenoxy) is 1. The zero-order chi connectivity index (χ0) is 20.0. The molecule has 0 spiro atoms. The van der Waals surface area contributed by atoms with Crippen LogP contribution in [0, 0.1) is 5.92 Å². The molecular formula is C16H22N8O3. The third-order valence-electron chi connectivity index (χ3n) is 3.48. The average molecular weight is 374 g/mol. The fraction of sp³-hybridized carbons (Fsp3) is 0.375. The molecule has 0 radical (unpaired) electrons. The summed E-state index contributed by atoms with van der Waals surface area (Å²) in [4.78, 5) is 31.5. The summed E-state index contributed by atoms with van der Waals surface area (Å²) in [6.07, 6.45) is 2.01. The van der Waals surface area contributed by atoms with Crippen LogP contribution in [-0.2, 0) is 4.79 Å². The van der Waals surface area contributed by atoms with Gasteiger partial charge in [-0.25, -0.2) is 4.98 Å². The Morgan fingerprint density at radius 1 is 1.26 bits per heavy atom. The van der Waals surface area contributed by atoms with E-state index in [1.54, 1.807) is 12.1 Å². The largest absolute Gasteiger partial charge is 0.481 e. The number of rotatable bonds is 9. The van der Waals surface area contributed by atoms with Crippen molar-refractivity contribution in [2.24, 2.45) is 17.4 Å². The molecule has 2 aromatic rings. The molecule has 6 N–H and O–H groups in total. The van der Waals surface area contributed by atoms with Gasteiger partial charge in [0, 0.05) is 18.0 Å². The lowest BCUT2D eigenvalue weighted by atomic mass is 10.0. The Morgan fingerprint density at radius 3 is 2.59 bits per heavy atom. The highest BCUT2D eigenvalue weighted by atomic mass is 16.5. The normalized spacial score (nSPS) is 11.7. The van der Waals surface area contributed by atoms with Crippen LogP contribution in [0.1, 0.15) is 30.8 Å². The van der Waals surface area contributed by atoms with Gasteiger partial charge in [-0.15, -0.1) is 10.2 Å². The van der Waals surface area contributed by atoms with E-state index in [2.05, 4.69) is 30.8 Å². The standard InChI is InChI=1S/C16H22N8O3/c1-8(2)6-10(13(17)25)21-16-22-15(12(14(18)26)23-24-16)20-9-4-5-19-11(7-9)27-3/h4-5,7-8,10H,6H2,1-3H3,(H2,17,25)(H2,18,26)(H2,19,20,21,22,24)/t10-/m1/s1. The average Bonchev–Trinajstić information content (AvgIpc) is 2.60. The third kappa shape index (κ3) is 5.49. The molecule has 0 bridgehead atoms. The predicted molar refractivity (Wildman–Crippen MR) is 98.5 cm³/mol. The molecule has 144 valence electrons. The molecule has 0 unspecified atom stereocenters. The maximum atomic E-state index is 11.6. The van der Waals surface area contributed by atoms with Crippen LogP contribution in [0.4, 0.5) is 17.5 Å².